The molecule has 0 saturated heterocycles. The van der Waals surface area contributed by atoms with Crippen molar-refractivity contribution in [1.29, 1.82) is 5.26 Å². The van der Waals surface area contributed by atoms with E-state index >= 15 is 0 Å². The van der Waals surface area contributed by atoms with E-state index < -0.39 is 11.9 Å². The van der Waals surface area contributed by atoms with Crippen LogP contribution in [0, 0.1) is 17.3 Å². The Hall–Kier alpha value is -2.26. The molecule has 0 radical (unpaired) electrons. The molecule has 2 aromatic heterocycles. The third kappa shape index (κ3) is 2.65. The zero-order chi connectivity index (χ0) is 14.8. The molecule has 6 heteroatoms. The lowest BCUT2D eigenvalue weighted by Gasteiger charge is -2.09. The van der Waals surface area contributed by atoms with Crippen molar-refractivity contribution >= 4 is 22.2 Å². The van der Waals surface area contributed by atoms with Crippen LogP contribution in [-0.2, 0) is 12.8 Å². The molecule has 2 aromatic rings. The monoisotopic (exact) mass is 301 g/mol. The smallest absolute Gasteiger partial charge is 0.256 e. The Labute approximate surface area is 125 Å². The Bertz CT molecular complexity index is 748. The van der Waals surface area contributed by atoms with Gasteiger partial charge in [0, 0.05) is 22.7 Å². The summed E-state index contributed by atoms with van der Waals surface area (Å²) in [6.07, 6.45) is 5.26. The van der Waals surface area contributed by atoms with Crippen molar-refractivity contribution < 1.29 is 9.18 Å². The standard InChI is InChI=1S/C15H12FN3OS/c16-13-7-9(5-6-18-13)14(20)19-15-11(8-17)10-3-1-2-4-12(10)21-15/h5-7H,1-4H2,(H,19,20). The molecule has 4 nitrogen and oxygen atoms in total. The van der Waals surface area contributed by atoms with E-state index in [1.807, 2.05) is 0 Å². The van der Waals surface area contributed by atoms with Gasteiger partial charge in [-0.05, 0) is 37.3 Å². The van der Waals surface area contributed by atoms with Gasteiger partial charge in [0.15, 0.2) is 0 Å². The van der Waals surface area contributed by atoms with Gasteiger partial charge in [0.1, 0.15) is 11.1 Å². The van der Waals surface area contributed by atoms with E-state index in [1.165, 1.54) is 28.5 Å². The second-order valence-electron chi connectivity index (χ2n) is 4.85. The fraction of sp³-hybridized carbons (Fsp3) is 0.267. The number of carbonyl (C=O) groups is 1. The van der Waals surface area contributed by atoms with E-state index in [9.17, 15) is 14.4 Å². The highest BCUT2D eigenvalue weighted by molar-refractivity contribution is 7.16. The SMILES string of the molecule is N#Cc1c(NC(=O)c2ccnc(F)c2)sc2c1CCCC2. The Kier molecular flexibility index (Phi) is 3.67. The lowest BCUT2D eigenvalue weighted by atomic mass is 9.96. The highest BCUT2D eigenvalue weighted by Gasteiger charge is 2.22. The molecule has 0 aliphatic heterocycles. The number of pyridine rings is 1. The maximum Gasteiger partial charge on any atom is 0.256 e. The fourth-order valence-corrected chi connectivity index (χ4v) is 3.73. The maximum atomic E-state index is 13.1. The van der Waals surface area contributed by atoms with Gasteiger partial charge in [-0.15, -0.1) is 11.3 Å². The summed E-state index contributed by atoms with van der Waals surface area (Å²) in [5.74, 6) is -1.12. The summed E-state index contributed by atoms with van der Waals surface area (Å²) >= 11 is 1.45. The van der Waals surface area contributed by atoms with E-state index in [2.05, 4.69) is 16.4 Å². The van der Waals surface area contributed by atoms with Crippen LogP contribution < -0.4 is 5.32 Å². The molecule has 0 atom stereocenters. The number of fused-ring (bicyclic) bond motifs is 1. The van der Waals surface area contributed by atoms with Crippen LogP contribution in [0.15, 0.2) is 18.3 Å². The fourth-order valence-electron chi connectivity index (χ4n) is 2.49. The number of carbonyl (C=O) groups excluding carboxylic acids is 1. The molecule has 0 bridgehead atoms. The lowest BCUT2D eigenvalue weighted by molar-refractivity contribution is 0.102. The lowest BCUT2D eigenvalue weighted by Crippen LogP contribution is -2.12. The number of nitrogens with one attached hydrogen (secondary N) is 1. The van der Waals surface area contributed by atoms with Gasteiger partial charge in [-0.3, -0.25) is 4.79 Å². The van der Waals surface area contributed by atoms with Crippen LogP contribution in [0.4, 0.5) is 9.39 Å². The van der Waals surface area contributed by atoms with Crippen molar-refractivity contribution in [3.05, 3.63) is 45.8 Å². The summed E-state index contributed by atoms with van der Waals surface area (Å²) < 4.78 is 13.1. The number of nitrogens with zero attached hydrogens (tertiary/aromatic N) is 2. The Morgan fingerprint density at radius 2 is 2.24 bits per heavy atom. The molecule has 0 spiro atoms. The molecule has 1 aliphatic rings. The summed E-state index contributed by atoms with van der Waals surface area (Å²) in [5.41, 5.74) is 1.81. The first-order valence-corrected chi connectivity index (χ1v) is 7.48. The minimum absolute atomic E-state index is 0.192. The minimum Gasteiger partial charge on any atom is -0.312 e. The van der Waals surface area contributed by atoms with Gasteiger partial charge in [-0.2, -0.15) is 9.65 Å². The average Bonchev–Trinajstić information content (AvgIpc) is 2.84. The van der Waals surface area contributed by atoms with Crippen LogP contribution >= 0.6 is 11.3 Å². The van der Waals surface area contributed by atoms with Crippen molar-refractivity contribution in [3.63, 3.8) is 0 Å². The largest absolute Gasteiger partial charge is 0.312 e. The number of hydrogen-bond acceptors (Lipinski definition) is 4. The Morgan fingerprint density at radius 1 is 1.43 bits per heavy atom. The number of nitriles is 1. The number of anilines is 1. The number of amides is 1. The van der Waals surface area contributed by atoms with Crippen LogP contribution in [0.1, 0.15) is 39.2 Å². The van der Waals surface area contributed by atoms with Crippen LogP contribution in [0.3, 0.4) is 0 Å². The third-order valence-corrected chi connectivity index (χ3v) is 4.71. The molecule has 21 heavy (non-hydrogen) atoms. The van der Waals surface area contributed by atoms with Crippen LogP contribution in [0.25, 0.3) is 0 Å². The van der Waals surface area contributed by atoms with Crippen molar-refractivity contribution in [1.82, 2.24) is 4.98 Å². The number of aryl methyl sites for hydroxylation is 1. The van der Waals surface area contributed by atoms with E-state index in [4.69, 9.17) is 0 Å². The second-order valence-corrected chi connectivity index (χ2v) is 5.95. The number of hydrogen-bond donors (Lipinski definition) is 1. The van der Waals surface area contributed by atoms with E-state index in [-0.39, 0.29) is 5.56 Å². The predicted molar refractivity (Wildman–Crippen MR) is 77.8 cm³/mol. The molecule has 106 valence electrons. The van der Waals surface area contributed by atoms with Gasteiger partial charge in [-0.1, -0.05) is 0 Å². The predicted octanol–water partition coefficient (Wildman–Crippen LogP) is 3.28. The van der Waals surface area contributed by atoms with Gasteiger partial charge in [0.2, 0.25) is 5.95 Å². The normalized spacial score (nSPS) is 13.3. The Morgan fingerprint density at radius 3 is 3.00 bits per heavy atom. The van der Waals surface area contributed by atoms with E-state index in [0.717, 1.165) is 37.3 Å². The quantitative estimate of drug-likeness (QED) is 0.866. The van der Waals surface area contributed by atoms with Gasteiger partial charge < -0.3 is 5.32 Å². The summed E-state index contributed by atoms with van der Waals surface area (Å²) in [7, 11) is 0. The molecule has 2 heterocycles. The van der Waals surface area contributed by atoms with E-state index in [0.29, 0.717) is 10.6 Å². The highest BCUT2D eigenvalue weighted by Crippen LogP contribution is 2.37. The van der Waals surface area contributed by atoms with Crippen LogP contribution in [0.5, 0.6) is 0 Å². The van der Waals surface area contributed by atoms with Gasteiger partial charge in [0.05, 0.1) is 5.56 Å². The number of thiophene rings is 1. The minimum atomic E-state index is -0.700. The average molecular weight is 301 g/mol. The van der Waals surface area contributed by atoms with Gasteiger partial charge in [-0.25, -0.2) is 4.98 Å². The van der Waals surface area contributed by atoms with Gasteiger partial charge >= 0.3 is 0 Å². The first-order chi connectivity index (χ1) is 10.2. The first-order valence-electron chi connectivity index (χ1n) is 6.66. The molecular formula is C15H12FN3OS. The van der Waals surface area contributed by atoms with Crippen molar-refractivity contribution in [2.24, 2.45) is 0 Å². The third-order valence-electron chi connectivity index (χ3n) is 3.50. The molecule has 1 N–H and O–H groups in total. The zero-order valence-electron chi connectivity index (χ0n) is 11.1. The van der Waals surface area contributed by atoms with Crippen molar-refractivity contribution in [3.8, 4) is 6.07 Å². The highest BCUT2D eigenvalue weighted by atomic mass is 32.1. The first kappa shape index (κ1) is 13.7. The summed E-state index contributed by atoms with van der Waals surface area (Å²) in [5, 5.41) is 12.6. The molecule has 3 rings (SSSR count). The maximum absolute atomic E-state index is 13.1. The van der Waals surface area contributed by atoms with Gasteiger partial charge in [0.25, 0.3) is 5.91 Å². The second kappa shape index (κ2) is 5.62. The molecule has 0 saturated carbocycles. The number of halogens is 1. The topological polar surface area (TPSA) is 65.8 Å². The molecule has 0 aromatic carbocycles. The molecule has 0 unspecified atom stereocenters. The van der Waals surface area contributed by atoms with Crippen molar-refractivity contribution in [2.45, 2.75) is 25.7 Å². The van der Waals surface area contributed by atoms with Crippen LogP contribution in [-0.4, -0.2) is 10.9 Å². The van der Waals surface area contributed by atoms with Crippen molar-refractivity contribution in [2.75, 3.05) is 5.32 Å². The summed E-state index contributed by atoms with van der Waals surface area (Å²) in [6.45, 7) is 0. The molecule has 0 fully saturated rings. The number of aromatic nitrogens is 1. The van der Waals surface area contributed by atoms with Crippen LogP contribution in [0.2, 0.25) is 0 Å². The molecule has 1 aliphatic carbocycles. The summed E-state index contributed by atoms with van der Waals surface area (Å²) in [6, 6.07) is 4.70. The molecular weight excluding hydrogens is 289 g/mol. The summed E-state index contributed by atoms with van der Waals surface area (Å²) in [4.78, 5) is 16.7. The van der Waals surface area contributed by atoms with E-state index in [1.54, 1.807) is 0 Å². The molecule has 1 amide bonds. The number of rotatable bonds is 2. The zero-order valence-corrected chi connectivity index (χ0v) is 12.0. The Balaban J connectivity index is 1.90.